The zero-order valence-electron chi connectivity index (χ0n) is 24.1. The third-order valence-corrected chi connectivity index (χ3v) is 9.07. The summed E-state index contributed by atoms with van der Waals surface area (Å²) in [4.78, 5) is 25.2. The topological polar surface area (TPSA) is 185 Å². The highest BCUT2D eigenvalue weighted by molar-refractivity contribution is 7.52. The highest BCUT2D eigenvalue weighted by Gasteiger charge is 2.90. The Bertz CT molecular complexity index is 1540. The van der Waals surface area contributed by atoms with Gasteiger partial charge in [0.25, 0.3) is 0 Å². The fourth-order valence-electron chi connectivity index (χ4n) is 5.03. The van der Waals surface area contributed by atoms with Crippen molar-refractivity contribution < 1.29 is 37.4 Å². The Morgan fingerprint density at radius 3 is 2.56 bits per heavy atom. The van der Waals surface area contributed by atoms with Crippen LogP contribution in [0, 0.1) is 0 Å². The molecular weight excluding hydrogens is 608 g/mol. The van der Waals surface area contributed by atoms with Gasteiger partial charge in [-0.05, 0) is 46.8 Å². The van der Waals surface area contributed by atoms with Gasteiger partial charge in [-0.25, -0.2) is 13.9 Å². The van der Waals surface area contributed by atoms with Crippen LogP contribution in [0.1, 0.15) is 40.8 Å². The van der Waals surface area contributed by atoms with E-state index in [9.17, 15) is 14.5 Å². The van der Waals surface area contributed by atoms with E-state index in [0.717, 1.165) is 0 Å². The molecule has 3 heterocycles. The number of carbonyl (C=O) groups is 1. The van der Waals surface area contributed by atoms with Gasteiger partial charge in [0, 0.05) is 6.04 Å². The normalized spacial score (nSPS) is 28.5. The van der Waals surface area contributed by atoms with Gasteiger partial charge in [-0.2, -0.15) is 15.1 Å². The smallest absolute Gasteiger partial charge is 0.459 e. The summed E-state index contributed by atoms with van der Waals surface area (Å²) in [5.74, 6) is -0.777. The van der Waals surface area contributed by atoms with E-state index < -0.39 is 61.4 Å². The fraction of sp³-hybridized carbons (Fsp3) is 0.538. The van der Waals surface area contributed by atoms with Gasteiger partial charge in [0.05, 0.1) is 18.3 Å². The molecule has 5 N–H and O–H groups in total. The number of esters is 1. The van der Waals surface area contributed by atoms with Crippen LogP contribution < -0.4 is 20.7 Å². The van der Waals surface area contributed by atoms with Crippen molar-refractivity contribution in [3.8, 4) is 5.75 Å². The van der Waals surface area contributed by atoms with Gasteiger partial charge in [-0.15, -0.1) is 11.6 Å². The van der Waals surface area contributed by atoms with Crippen LogP contribution >= 0.6 is 19.3 Å². The molecule has 234 valence electrons. The van der Waals surface area contributed by atoms with E-state index in [-0.39, 0.29) is 23.4 Å². The van der Waals surface area contributed by atoms with Crippen molar-refractivity contribution in [2.75, 3.05) is 16.9 Å². The first kappa shape index (κ1) is 31.4. The van der Waals surface area contributed by atoms with Crippen molar-refractivity contribution in [1.29, 1.82) is 0 Å². The SMILES string of the molecule is CC(C)Nc1nc(N)nc2c1ncn2[C@@H]1O[C@]2(CCl)C(O[P@@](=O)(N[C@@H](C)C(=O)OC(C)C)Oc3ccccc3)[C@]2(O)[C@H]1F. The van der Waals surface area contributed by atoms with Crippen LogP contribution in [0.25, 0.3) is 11.2 Å². The number of nitrogen functional groups attached to an aromatic ring is 1. The van der Waals surface area contributed by atoms with E-state index in [1.165, 1.54) is 30.0 Å². The predicted octanol–water partition coefficient (Wildman–Crippen LogP) is 3.32. The van der Waals surface area contributed by atoms with Crippen molar-refractivity contribution >= 4 is 48.2 Å². The number of nitrogens with zero attached hydrogens (tertiary/aromatic N) is 4. The van der Waals surface area contributed by atoms with Crippen molar-refractivity contribution in [3.05, 3.63) is 36.7 Å². The average Bonchev–Trinajstić information content (AvgIpc) is 3.16. The number of aromatic nitrogens is 4. The second-order valence-corrected chi connectivity index (χ2v) is 12.9. The summed E-state index contributed by atoms with van der Waals surface area (Å²) in [5, 5.41) is 17.2. The molecule has 1 aliphatic carbocycles. The minimum atomic E-state index is -4.49. The molecule has 3 aromatic rings. The van der Waals surface area contributed by atoms with E-state index >= 15 is 4.39 Å². The molecule has 2 aromatic heterocycles. The molecule has 1 aromatic carbocycles. The minimum absolute atomic E-state index is 0.0116. The predicted molar refractivity (Wildman–Crippen MR) is 155 cm³/mol. The molecule has 0 spiro atoms. The van der Waals surface area contributed by atoms with Crippen molar-refractivity contribution in [3.63, 3.8) is 0 Å². The van der Waals surface area contributed by atoms with Crippen LogP contribution in [0.2, 0.25) is 0 Å². The number of nitrogens with one attached hydrogen (secondary N) is 2. The Balaban J connectivity index is 1.43. The van der Waals surface area contributed by atoms with Gasteiger partial charge >= 0.3 is 13.7 Å². The van der Waals surface area contributed by atoms with Crippen molar-refractivity contribution in [1.82, 2.24) is 24.6 Å². The van der Waals surface area contributed by atoms with E-state index in [1.54, 1.807) is 32.0 Å². The van der Waals surface area contributed by atoms with Gasteiger partial charge in [-0.1, -0.05) is 18.2 Å². The van der Waals surface area contributed by atoms with Crippen LogP contribution in [0.3, 0.4) is 0 Å². The minimum Gasteiger partial charge on any atom is -0.462 e. The Kier molecular flexibility index (Phi) is 8.35. The fourth-order valence-corrected chi connectivity index (χ4v) is 7.19. The van der Waals surface area contributed by atoms with Crippen LogP contribution in [-0.2, 0) is 23.4 Å². The standard InChI is InChI=1S/C26H34ClFN7O7P/c1-13(2)31-19-17-20(33-24(29)32-19)35(12-30-17)21-18(28)26(37)23(25(26,11-27)40-21)42-43(38,41-16-9-7-6-8-10-16)34-15(5)22(36)39-14(3)4/h6-10,12-15,18,21,23,37H,11H2,1-5H3,(H,34,38)(H3,29,31,32,33)/t15-,18-,21+,23?,25+,26+,43+/m0/s1. The van der Waals surface area contributed by atoms with Crippen LogP contribution in [0.4, 0.5) is 16.2 Å². The molecule has 14 nitrogen and oxygen atoms in total. The quantitative estimate of drug-likeness (QED) is 0.128. The Hall–Kier alpha value is -3.07. The molecule has 5 rings (SSSR count). The van der Waals surface area contributed by atoms with E-state index in [0.29, 0.717) is 11.3 Å². The zero-order chi connectivity index (χ0) is 31.3. The number of anilines is 2. The number of carbonyl (C=O) groups excluding carboxylic acids is 1. The lowest BCUT2D eigenvalue weighted by Gasteiger charge is -2.27. The molecule has 2 fully saturated rings. The maximum atomic E-state index is 16.3. The van der Waals surface area contributed by atoms with Crippen LogP contribution in [0.5, 0.6) is 5.75 Å². The lowest BCUT2D eigenvalue weighted by atomic mass is 10.1. The van der Waals surface area contributed by atoms with Gasteiger partial charge in [-0.3, -0.25) is 13.9 Å². The van der Waals surface area contributed by atoms with E-state index in [2.05, 4.69) is 25.4 Å². The summed E-state index contributed by atoms with van der Waals surface area (Å²) in [6.45, 7) is 8.52. The number of alkyl halides is 2. The average molecular weight is 642 g/mol. The molecule has 0 amide bonds. The van der Waals surface area contributed by atoms with Crippen molar-refractivity contribution in [2.24, 2.45) is 0 Å². The summed E-state index contributed by atoms with van der Waals surface area (Å²) in [6.07, 6.45) is -4.30. The zero-order valence-corrected chi connectivity index (χ0v) is 25.8. The molecule has 43 heavy (non-hydrogen) atoms. The van der Waals surface area contributed by atoms with E-state index in [4.69, 9.17) is 35.9 Å². The number of nitrogens with two attached hydrogens (primary N) is 1. The Morgan fingerprint density at radius 2 is 1.95 bits per heavy atom. The molecule has 1 unspecified atom stereocenters. The Labute approximate surface area is 252 Å². The first-order valence-electron chi connectivity index (χ1n) is 13.6. The third-order valence-electron chi connectivity index (χ3n) is 7.03. The number of para-hydroxylation sites is 1. The second-order valence-electron chi connectivity index (χ2n) is 11.0. The number of aliphatic hydroxyl groups is 1. The molecule has 17 heteroatoms. The number of imidazole rings is 1. The monoisotopic (exact) mass is 641 g/mol. The summed E-state index contributed by atoms with van der Waals surface area (Å²) < 4.78 is 54.3. The van der Waals surface area contributed by atoms with Crippen molar-refractivity contribution in [2.45, 2.75) is 82.5 Å². The first-order chi connectivity index (χ1) is 20.2. The second kappa shape index (κ2) is 11.5. The number of halogens is 2. The largest absolute Gasteiger partial charge is 0.462 e. The molecule has 1 aliphatic heterocycles. The molecule has 7 atom stereocenters. The lowest BCUT2D eigenvalue weighted by molar-refractivity contribution is -0.149. The van der Waals surface area contributed by atoms with Crippen LogP contribution in [0.15, 0.2) is 36.7 Å². The summed E-state index contributed by atoms with van der Waals surface area (Å²) in [6, 6.07) is 6.83. The van der Waals surface area contributed by atoms with E-state index in [1.807, 2.05) is 13.8 Å². The number of ether oxygens (including phenoxy) is 2. The summed E-state index contributed by atoms with van der Waals surface area (Å²) >= 11 is 6.26. The van der Waals surface area contributed by atoms with Gasteiger partial charge in [0.1, 0.15) is 23.5 Å². The van der Waals surface area contributed by atoms with Crippen LogP contribution in [-0.4, -0.2) is 78.1 Å². The molecule has 1 saturated carbocycles. The highest BCUT2D eigenvalue weighted by Crippen LogP contribution is 2.69. The number of fused-ring (bicyclic) bond motifs is 2. The molecule has 1 saturated heterocycles. The molecule has 0 bridgehead atoms. The molecular formula is C26H34ClFN7O7P. The third kappa shape index (κ3) is 5.54. The lowest BCUT2D eigenvalue weighted by Crippen LogP contribution is -2.38. The van der Waals surface area contributed by atoms with Gasteiger partial charge < -0.3 is 30.2 Å². The first-order valence-corrected chi connectivity index (χ1v) is 15.7. The van der Waals surface area contributed by atoms with Gasteiger partial charge in [0.15, 0.2) is 35.0 Å². The summed E-state index contributed by atoms with van der Waals surface area (Å²) in [5.41, 5.74) is 2.18. The number of hydrogen-bond acceptors (Lipinski definition) is 12. The summed E-state index contributed by atoms with van der Waals surface area (Å²) in [7, 11) is -4.49. The number of rotatable bonds is 12. The maximum absolute atomic E-state index is 16.3. The molecule has 2 aliphatic rings. The number of benzene rings is 1. The highest BCUT2D eigenvalue weighted by atomic mass is 35.5. The number of hydrogen-bond donors (Lipinski definition) is 4. The Morgan fingerprint density at radius 1 is 1.26 bits per heavy atom. The maximum Gasteiger partial charge on any atom is 0.459 e. The van der Waals surface area contributed by atoms with Gasteiger partial charge in [0.2, 0.25) is 5.95 Å². The molecule has 0 radical (unpaired) electrons.